The Hall–Kier alpha value is -7.28. The molecule has 6 amide bonds. The van der Waals surface area contributed by atoms with Crippen molar-refractivity contribution >= 4 is 23.9 Å². The molecule has 3 heterocycles. The van der Waals surface area contributed by atoms with Crippen LogP contribution in [0, 0.1) is 0 Å². The van der Waals surface area contributed by atoms with E-state index in [-0.39, 0.29) is 42.6 Å². The Bertz CT molecular complexity index is 2490. The van der Waals surface area contributed by atoms with Gasteiger partial charge >= 0.3 is 12.1 Å². The van der Waals surface area contributed by atoms with E-state index in [1.54, 1.807) is 19.6 Å². The van der Waals surface area contributed by atoms with E-state index in [2.05, 4.69) is 5.32 Å². The third kappa shape index (κ3) is 9.70. The summed E-state index contributed by atoms with van der Waals surface area (Å²) in [6.07, 6.45) is -1.09. The van der Waals surface area contributed by atoms with Gasteiger partial charge in [0.1, 0.15) is 18.1 Å². The van der Waals surface area contributed by atoms with Crippen molar-refractivity contribution in [1.29, 1.82) is 0 Å². The number of hydrogen-bond acceptors (Lipinski definition) is 6. The minimum atomic E-state index is -1.09. The van der Waals surface area contributed by atoms with E-state index in [9.17, 15) is 29.4 Å². The molecule has 7 atom stereocenters. The highest BCUT2D eigenvalue weighted by atomic mass is 16.3. The van der Waals surface area contributed by atoms with Crippen molar-refractivity contribution in [2.45, 2.75) is 82.5 Å². The Labute approximate surface area is 386 Å². The molecular weight excluding hydrogens is 829 g/mol. The zero-order valence-corrected chi connectivity index (χ0v) is 37.2. The van der Waals surface area contributed by atoms with Crippen LogP contribution >= 0.6 is 0 Å². The third-order valence-corrected chi connectivity index (χ3v) is 12.8. The van der Waals surface area contributed by atoms with Crippen molar-refractivity contribution in [1.82, 2.24) is 29.8 Å². The van der Waals surface area contributed by atoms with Gasteiger partial charge in [0.15, 0.2) is 6.23 Å². The maximum Gasteiger partial charge on any atom is 0.321 e. The van der Waals surface area contributed by atoms with E-state index < -0.39 is 30.4 Å². The number of hydrogen-bond donors (Lipinski definition) is 3. The van der Waals surface area contributed by atoms with Gasteiger partial charge < -0.3 is 40.0 Å². The molecule has 3 saturated heterocycles. The molecule has 0 bridgehead atoms. The number of urea groups is 2. The summed E-state index contributed by atoms with van der Waals surface area (Å²) in [6, 6.07) is 54.1. The van der Waals surface area contributed by atoms with Gasteiger partial charge in [-0.3, -0.25) is 9.59 Å². The first-order chi connectivity index (χ1) is 32.1. The fourth-order valence-electron chi connectivity index (χ4n) is 9.38. The van der Waals surface area contributed by atoms with Crippen LogP contribution in [-0.4, -0.2) is 95.6 Å². The molecule has 0 saturated carbocycles. The smallest absolute Gasteiger partial charge is 0.321 e. The molecule has 3 aliphatic rings. The molecule has 0 aliphatic carbocycles. The van der Waals surface area contributed by atoms with E-state index in [0.29, 0.717) is 26.2 Å². The maximum atomic E-state index is 13.7. The van der Waals surface area contributed by atoms with Crippen LogP contribution in [0.15, 0.2) is 182 Å². The van der Waals surface area contributed by atoms with Crippen LogP contribution in [0.1, 0.15) is 59.3 Å². The van der Waals surface area contributed by atoms with Crippen LogP contribution in [0.2, 0.25) is 0 Å². The summed E-state index contributed by atoms with van der Waals surface area (Å²) in [7, 11) is 0. The second-order valence-electron chi connectivity index (χ2n) is 17.0. The molecule has 3 fully saturated rings. The number of amides is 6. The summed E-state index contributed by atoms with van der Waals surface area (Å²) in [6.45, 7) is 4.81. The molecule has 12 heteroatoms. The summed E-state index contributed by atoms with van der Waals surface area (Å²) in [4.78, 5) is 62.2. The van der Waals surface area contributed by atoms with E-state index in [0.717, 1.165) is 33.4 Å². The fraction of sp³-hybridized carbons (Fsp3) is 0.259. The van der Waals surface area contributed by atoms with Gasteiger partial charge in [0.05, 0.1) is 24.7 Å². The molecule has 3 aliphatic heterocycles. The first-order valence-electron chi connectivity index (χ1n) is 22.5. The normalized spacial score (nSPS) is 21.1. The monoisotopic (exact) mass is 884 g/mol. The largest absolute Gasteiger partial charge is 0.394 e. The molecule has 0 spiro atoms. The van der Waals surface area contributed by atoms with Gasteiger partial charge in [0.2, 0.25) is 11.8 Å². The first-order valence-corrected chi connectivity index (χ1v) is 22.5. The lowest BCUT2D eigenvalue weighted by Crippen LogP contribution is -2.50. The predicted octanol–water partition coefficient (Wildman–Crippen LogP) is 7.51. The number of benzene rings is 6. The summed E-state index contributed by atoms with van der Waals surface area (Å²) >= 11 is 0. The van der Waals surface area contributed by atoms with Gasteiger partial charge in [-0.15, -0.1) is 0 Å². The van der Waals surface area contributed by atoms with Gasteiger partial charge in [-0.05, 0) is 47.2 Å². The zero-order valence-electron chi connectivity index (χ0n) is 37.2. The van der Waals surface area contributed by atoms with Gasteiger partial charge in [-0.2, -0.15) is 0 Å². The standard InChI is InChI=1S/C27H27N3O3.C27H29N3O3/c1-19(22-15-9-4-10-16-22)30-25(31)23-24(26(30)32)29(18-21-13-7-3-8-14-21)27(33)28(23)17-20-11-5-2-6-12-20;1-20(23-15-9-4-10-16-23)28-26(32)25-24(19-31)29(17-21-11-5-2-6-12-21)27(33)30(25)18-22-13-7-3-8-14-22/h2-16,19,23-25,31H,17-18H2,1H3;2-16,20,24-25,31H,17-19H2,1H3,(H,28,32)/t19-,23?,24+,25?;20-,24?,25+/m11/s1. The second-order valence-corrected chi connectivity index (χ2v) is 17.0. The summed E-state index contributed by atoms with van der Waals surface area (Å²) in [5.41, 5.74) is 5.70. The van der Waals surface area contributed by atoms with Crippen molar-refractivity contribution in [3.05, 3.63) is 215 Å². The molecule has 9 rings (SSSR count). The van der Waals surface area contributed by atoms with Gasteiger partial charge in [-0.1, -0.05) is 182 Å². The van der Waals surface area contributed by atoms with Gasteiger partial charge in [0.25, 0.3) is 0 Å². The topological polar surface area (TPSA) is 137 Å². The number of aliphatic hydroxyl groups is 2. The zero-order chi connectivity index (χ0) is 46.2. The number of fused-ring (bicyclic) bond motifs is 1. The van der Waals surface area contributed by atoms with Crippen molar-refractivity contribution in [3.8, 4) is 0 Å². The highest BCUT2D eigenvalue weighted by molar-refractivity contribution is 5.94. The number of carbonyl (C=O) groups excluding carboxylic acids is 4. The number of aliphatic hydroxyl groups excluding tert-OH is 2. The van der Waals surface area contributed by atoms with Crippen molar-refractivity contribution in [2.75, 3.05) is 6.61 Å². The van der Waals surface area contributed by atoms with Crippen molar-refractivity contribution in [3.63, 3.8) is 0 Å². The number of rotatable bonds is 14. The van der Waals surface area contributed by atoms with Crippen LogP contribution in [0.4, 0.5) is 9.59 Å². The quantitative estimate of drug-likeness (QED) is 0.104. The van der Waals surface area contributed by atoms with Crippen LogP contribution < -0.4 is 5.32 Å². The Kier molecular flexibility index (Phi) is 14.2. The number of likely N-dealkylation sites (tertiary alicyclic amines) is 1. The predicted molar refractivity (Wildman–Crippen MR) is 252 cm³/mol. The van der Waals surface area contributed by atoms with Crippen LogP contribution in [0.25, 0.3) is 0 Å². The Morgan fingerprint density at radius 1 is 0.530 bits per heavy atom. The Morgan fingerprint density at radius 2 is 0.909 bits per heavy atom. The molecule has 12 nitrogen and oxygen atoms in total. The molecule has 3 unspecified atom stereocenters. The molecular formula is C54H56N6O6. The molecule has 338 valence electrons. The van der Waals surface area contributed by atoms with E-state index in [1.807, 2.05) is 196 Å². The maximum absolute atomic E-state index is 13.7. The van der Waals surface area contributed by atoms with Crippen molar-refractivity contribution < 1.29 is 29.4 Å². The van der Waals surface area contributed by atoms with Crippen LogP contribution in [0.5, 0.6) is 0 Å². The van der Waals surface area contributed by atoms with Gasteiger partial charge in [0, 0.05) is 26.2 Å². The van der Waals surface area contributed by atoms with Crippen LogP contribution in [-0.2, 0) is 35.8 Å². The number of nitrogens with zero attached hydrogens (tertiary/aromatic N) is 5. The minimum Gasteiger partial charge on any atom is -0.394 e. The highest BCUT2D eigenvalue weighted by Crippen LogP contribution is 2.40. The fourth-order valence-corrected chi connectivity index (χ4v) is 9.38. The second kappa shape index (κ2) is 20.7. The van der Waals surface area contributed by atoms with Crippen LogP contribution in [0.3, 0.4) is 0 Å². The summed E-state index contributed by atoms with van der Waals surface area (Å²) in [5, 5.41) is 24.7. The SMILES string of the molecule is C[C@@H](NC(=O)[C@@H]1C(CO)N(Cc2ccccc2)C(=O)N1Cc1ccccc1)c1ccccc1.C[C@H](c1ccccc1)N1C(=O)[C@@H]2C(C1O)N(Cc1ccccc1)C(=O)N2Cc1ccccc1. The van der Waals surface area contributed by atoms with Gasteiger partial charge in [-0.25, -0.2) is 9.59 Å². The average molecular weight is 885 g/mol. The Balaban J connectivity index is 0.000000179. The molecule has 3 N–H and O–H groups in total. The molecule has 6 aromatic rings. The molecule has 0 aromatic heterocycles. The first kappa shape index (κ1) is 45.3. The van der Waals surface area contributed by atoms with E-state index >= 15 is 0 Å². The highest BCUT2D eigenvalue weighted by Gasteiger charge is 2.61. The third-order valence-electron chi connectivity index (χ3n) is 12.8. The van der Waals surface area contributed by atoms with Crippen molar-refractivity contribution in [2.24, 2.45) is 0 Å². The number of nitrogens with one attached hydrogen (secondary N) is 1. The summed E-state index contributed by atoms with van der Waals surface area (Å²) in [5.74, 6) is -0.492. The summed E-state index contributed by atoms with van der Waals surface area (Å²) < 4.78 is 0. The molecule has 6 aromatic carbocycles. The lowest BCUT2D eigenvalue weighted by atomic mass is 10.0. The molecule has 0 radical (unpaired) electrons. The lowest BCUT2D eigenvalue weighted by molar-refractivity contribution is -0.139. The molecule has 66 heavy (non-hydrogen) atoms. The lowest BCUT2D eigenvalue weighted by Gasteiger charge is -2.33. The number of carbonyl (C=O) groups is 4. The van der Waals surface area contributed by atoms with E-state index in [1.165, 1.54) is 4.90 Å². The Morgan fingerprint density at radius 3 is 1.36 bits per heavy atom. The van der Waals surface area contributed by atoms with E-state index in [4.69, 9.17) is 0 Å². The minimum absolute atomic E-state index is 0.219. The average Bonchev–Trinajstić information content (AvgIpc) is 3.89.